The van der Waals surface area contributed by atoms with Gasteiger partial charge in [-0.2, -0.15) is 4.31 Å². The van der Waals surface area contributed by atoms with Crippen molar-refractivity contribution < 1.29 is 8.42 Å². The van der Waals surface area contributed by atoms with Crippen molar-refractivity contribution in [2.24, 2.45) is 0 Å². The van der Waals surface area contributed by atoms with Crippen LogP contribution in [0.5, 0.6) is 0 Å². The zero-order valence-corrected chi connectivity index (χ0v) is 12.8. The minimum absolute atomic E-state index is 0.207. The van der Waals surface area contributed by atoms with Gasteiger partial charge in [0.1, 0.15) is 0 Å². The minimum Gasteiger partial charge on any atom is -0.249 e. The summed E-state index contributed by atoms with van der Waals surface area (Å²) in [5.74, 6) is 0. The van der Waals surface area contributed by atoms with Gasteiger partial charge in [0, 0.05) is 24.3 Å². The fourth-order valence-electron chi connectivity index (χ4n) is 2.54. The molecule has 1 fully saturated rings. The highest BCUT2D eigenvalue weighted by Gasteiger charge is 2.30. The molecule has 0 unspecified atom stereocenters. The summed E-state index contributed by atoms with van der Waals surface area (Å²) in [6, 6.07) is 6.58. The van der Waals surface area contributed by atoms with Crippen molar-refractivity contribution in [3.05, 3.63) is 41.7 Å². The van der Waals surface area contributed by atoms with Gasteiger partial charge >= 0.3 is 0 Å². The van der Waals surface area contributed by atoms with Gasteiger partial charge in [0.05, 0.1) is 17.1 Å². The van der Waals surface area contributed by atoms with Crippen LogP contribution in [0.1, 0.15) is 18.9 Å². The predicted molar refractivity (Wildman–Crippen MR) is 78.5 cm³/mol. The zero-order chi connectivity index (χ0) is 14.9. The Bertz CT molecular complexity index is 710. The normalized spacial score (nSPS) is 18.0. The lowest BCUT2D eigenvalue weighted by Gasteiger charge is -2.31. The lowest BCUT2D eigenvalue weighted by Crippen LogP contribution is -2.39. The zero-order valence-electron chi connectivity index (χ0n) is 11.3. The van der Waals surface area contributed by atoms with E-state index in [9.17, 15) is 8.42 Å². The molecule has 0 N–H and O–H groups in total. The highest BCUT2D eigenvalue weighted by Crippen LogP contribution is 2.27. The van der Waals surface area contributed by atoms with Crippen LogP contribution in [0.4, 0.5) is 0 Å². The molecular formula is C13H15ClN4O2S. The van der Waals surface area contributed by atoms with E-state index in [4.69, 9.17) is 11.6 Å². The number of aromatic nitrogens is 3. The molecule has 1 aromatic heterocycles. The van der Waals surface area contributed by atoms with Crippen LogP contribution >= 0.6 is 11.6 Å². The third-order valence-electron chi connectivity index (χ3n) is 3.67. The Hall–Kier alpha value is -1.44. The van der Waals surface area contributed by atoms with Crippen LogP contribution in [-0.4, -0.2) is 40.8 Å². The molecule has 112 valence electrons. The van der Waals surface area contributed by atoms with Crippen molar-refractivity contribution in [3.63, 3.8) is 0 Å². The molecular weight excluding hydrogens is 312 g/mol. The maximum absolute atomic E-state index is 12.6. The number of hydrogen-bond donors (Lipinski definition) is 0. The number of rotatable bonds is 3. The molecule has 0 bridgehead atoms. The molecule has 3 rings (SSSR count). The fraction of sp³-hybridized carbons (Fsp3) is 0.385. The Kier molecular flexibility index (Phi) is 3.97. The second kappa shape index (κ2) is 5.75. The third kappa shape index (κ3) is 2.95. The quantitative estimate of drug-likeness (QED) is 0.864. The van der Waals surface area contributed by atoms with Crippen molar-refractivity contribution in [1.29, 1.82) is 0 Å². The number of piperidine rings is 1. The molecule has 1 saturated heterocycles. The topological polar surface area (TPSA) is 68.1 Å². The van der Waals surface area contributed by atoms with Gasteiger partial charge in [-0.15, -0.1) is 5.10 Å². The molecule has 0 amide bonds. The molecule has 0 spiro atoms. The highest BCUT2D eigenvalue weighted by molar-refractivity contribution is 7.89. The number of benzene rings is 1. The Morgan fingerprint density at radius 2 is 2.00 bits per heavy atom. The maximum atomic E-state index is 12.6. The van der Waals surface area contributed by atoms with E-state index in [0.717, 1.165) is 12.8 Å². The van der Waals surface area contributed by atoms with Gasteiger partial charge in [-0.1, -0.05) is 22.9 Å². The van der Waals surface area contributed by atoms with Crippen molar-refractivity contribution in [2.75, 3.05) is 13.1 Å². The van der Waals surface area contributed by atoms with Gasteiger partial charge < -0.3 is 0 Å². The van der Waals surface area contributed by atoms with Crippen LogP contribution in [-0.2, 0) is 10.0 Å². The van der Waals surface area contributed by atoms with Crippen LogP contribution in [0.3, 0.4) is 0 Å². The summed E-state index contributed by atoms with van der Waals surface area (Å²) in [5.41, 5.74) is 0. The largest absolute Gasteiger partial charge is 0.249 e. The van der Waals surface area contributed by atoms with Gasteiger partial charge in [0.25, 0.3) is 0 Å². The standard InChI is InChI=1S/C13H15ClN4O2S/c14-11-2-1-3-13(10-11)21(19,20)17-7-4-12(5-8-17)18-9-6-15-16-18/h1-3,6,9-10,12H,4-5,7-8H2. The van der Waals surface area contributed by atoms with E-state index in [0.29, 0.717) is 18.1 Å². The third-order valence-corrected chi connectivity index (χ3v) is 5.80. The molecule has 1 aromatic carbocycles. The molecule has 21 heavy (non-hydrogen) atoms. The summed E-state index contributed by atoms with van der Waals surface area (Å²) in [7, 11) is -3.47. The van der Waals surface area contributed by atoms with Crippen molar-refractivity contribution in [1.82, 2.24) is 19.3 Å². The molecule has 6 nitrogen and oxygen atoms in total. The average molecular weight is 327 g/mol. The second-order valence-corrected chi connectivity index (χ2v) is 7.35. The molecule has 0 radical (unpaired) electrons. The fourth-order valence-corrected chi connectivity index (χ4v) is 4.31. The van der Waals surface area contributed by atoms with Crippen molar-refractivity contribution >= 4 is 21.6 Å². The van der Waals surface area contributed by atoms with Gasteiger partial charge in [-0.3, -0.25) is 0 Å². The van der Waals surface area contributed by atoms with E-state index in [2.05, 4.69) is 10.3 Å². The van der Waals surface area contributed by atoms with E-state index < -0.39 is 10.0 Å². The monoisotopic (exact) mass is 326 g/mol. The van der Waals surface area contributed by atoms with E-state index in [1.807, 2.05) is 6.20 Å². The molecule has 2 heterocycles. The number of halogens is 1. The van der Waals surface area contributed by atoms with Gasteiger partial charge in [0.15, 0.2) is 0 Å². The molecule has 0 aliphatic carbocycles. The summed E-state index contributed by atoms with van der Waals surface area (Å²) in [5, 5.41) is 8.19. The van der Waals surface area contributed by atoms with E-state index in [-0.39, 0.29) is 10.9 Å². The van der Waals surface area contributed by atoms with E-state index in [1.165, 1.54) is 10.4 Å². The number of hydrogen-bond acceptors (Lipinski definition) is 4. The lowest BCUT2D eigenvalue weighted by molar-refractivity contribution is 0.258. The van der Waals surface area contributed by atoms with Gasteiger partial charge in [0.2, 0.25) is 10.0 Å². The molecule has 0 saturated carbocycles. The van der Waals surface area contributed by atoms with Crippen LogP contribution in [0.15, 0.2) is 41.6 Å². The first-order chi connectivity index (χ1) is 10.1. The summed E-state index contributed by atoms with van der Waals surface area (Å²) >= 11 is 5.88. The van der Waals surface area contributed by atoms with Crippen LogP contribution in [0.2, 0.25) is 5.02 Å². The van der Waals surface area contributed by atoms with Crippen LogP contribution in [0.25, 0.3) is 0 Å². The SMILES string of the molecule is O=S(=O)(c1cccc(Cl)c1)N1CCC(n2ccnn2)CC1. The Morgan fingerprint density at radius 3 is 2.62 bits per heavy atom. The van der Waals surface area contributed by atoms with E-state index >= 15 is 0 Å². The molecule has 0 atom stereocenters. The average Bonchev–Trinajstić information content (AvgIpc) is 3.02. The Balaban J connectivity index is 1.74. The molecule has 1 aliphatic rings. The predicted octanol–water partition coefficient (Wildman–Crippen LogP) is 1.96. The first-order valence-electron chi connectivity index (χ1n) is 6.69. The second-order valence-electron chi connectivity index (χ2n) is 4.98. The highest BCUT2D eigenvalue weighted by atomic mass is 35.5. The lowest BCUT2D eigenvalue weighted by atomic mass is 10.1. The van der Waals surface area contributed by atoms with Gasteiger partial charge in [-0.25, -0.2) is 13.1 Å². The van der Waals surface area contributed by atoms with Crippen LogP contribution < -0.4 is 0 Å². The van der Waals surface area contributed by atoms with Crippen molar-refractivity contribution in [2.45, 2.75) is 23.8 Å². The number of nitrogens with zero attached hydrogens (tertiary/aromatic N) is 4. The summed E-state index contributed by atoms with van der Waals surface area (Å²) in [6.45, 7) is 0.943. The first-order valence-corrected chi connectivity index (χ1v) is 8.51. The van der Waals surface area contributed by atoms with E-state index in [1.54, 1.807) is 29.1 Å². The molecule has 2 aromatic rings. The maximum Gasteiger partial charge on any atom is 0.243 e. The van der Waals surface area contributed by atoms with Gasteiger partial charge in [-0.05, 0) is 31.0 Å². The minimum atomic E-state index is -3.47. The molecule has 1 aliphatic heterocycles. The summed E-state index contributed by atoms with van der Waals surface area (Å²) in [6.07, 6.45) is 4.90. The summed E-state index contributed by atoms with van der Waals surface area (Å²) < 4.78 is 28.4. The molecule has 8 heteroatoms. The first kappa shape index (κ1) is 14.5. The van der Waals surface area contributed by atoms with Crippen LogP contribution in [0, 0.1) is 0 Å². The summed E-state index contributed by atoms with van der Waals surface area (Å²) in [4.78, 5) is 0.245. The van der Waals surface area contributed by atoms with Crippen molar-refractivity contribution in [3.8, 4) is 0 Å². The Morgan fingerprint density at radius 1 is 1.24 bits per heavy atom. The smallest absolute Gasteiger partial charge is 0.243 e. The number of sulfonamides is 1. The Labute approximate surface area is 128 Å².